The average molecular weight is 441 g/mol. The number of hydrogen-bond donors (Lipinski definition) is 1. The summed E-state index contributed by atoms with van der Waals surface area (Å²) in [4.78, 5) is 36.6. The molecule has 1 aliphatic heterocycles. The Morgan fingerprint density at radius 2 is 1.88 bits per heavy atom. The van der Waals surface area contributed by atoms with E-state index in [2.05, 4.69) is 24.9 Å². The van der Waals surface area contributed by atoms with E-state index >= 15 is 0 Å². The third-order valence-corrected chi connectivity index (χ3v) is 5.54. The number of nitrogens with zero attached hydrogens (tertiary/aromatic N) is 5. The highest BCUT2D eigenvalue weighted by Crippen LogP contribution is 2.22. The molecule has 3 aromatic rings. The summed E-state index contributed by atoms with van der Waals surface area (Å²) in [5.41, 5.74) is 1.62. The number of rotatable bonds is 8. The van der Waals surface area contributed by atoms with Crippen LogP contribution < -0.4 is 20.5 Å². The summed E-state index contributed by atoms with van der Waals surface area (Å²) in [6.45, 7) is 5.92. The second-order valence-corrected chi connectivity index (χ2v) is 7.52. The molecular formula is C22H28N6O4. The van der Waals surface area contributed by atoms with Gasteiger partial charge >= 0.3 is 12.0 Å². The van der Waals surface area contributed by atoms with Gasteiger partial charge in [-0.25, -0.2) is 4.79 Å². The van der Waals surface area contributed by atoms with Crippen molar-refractivity contribution in [2.45, 2.75) is 26.4 Å². The van der Waals surface area contributed by atoms with Crippen LogP contribution in [0.5, 0.6) is 6.01 Å². The zero-order valence-corrected chi connectivity index (χ0v) is 18.4. The van der Waals surface area contributed by atoms with Crippen molar-refractivity contribution in [2.75, 3.05) is 44.8 Å². The zero-order chi connectivity index (χ0) is 22.5. The molecule has 0 saturated carbocycles. The van der Waals surface area contributed by atoms with Gasteiger partial charge in [-0.05, 0) is 18.9 Å². The third kappa shape index (κ3) is 4.45. The van der Waals surface area contributed by atoms with Gasteiger partial charge in [-0.2, -0.15) is 9.97 Å². The fraction of sp³-hybridized carbons (Fsp3) is 0.455. The fourth-order valence-corrected chi connectivity index (χ4v) is 3.86. The first-order valence-corrected chi connectivity index (χ1v) is 10.8. The number of anilines is 1. The fourth-order valence-electron chi connectivity index (χ4n) is 3.86. The Balaban J connectivity index is 1.77. The molecule has 32 heavy (non-hydrogen) atoms. The molecule has 3 heterocycles. The number of aryl methyl sites for hydroxylation is 2. The molecule has 4 rings (SSSR count). The predicted octanol–water partition coefficient (Wildman–Crippen LogP) is 0.817. The Labute approximate surface area is 185 Å². The first-order valence-electron chi connectivity index (χ1n) is 10.8. The minimum atomic E-state index is -0.547. The number of fused-ring (bicyclic) bond motifs is 1. The summed E-state index contributed by atoms with van der Waals surface area (Å²) < 4.78 is 13.7. The second-order valence-electron chi connectivity index (χ2n) is 7.52. The van der Waals surface area contributed by atoms with E-state index in [4.69, 9.17) is 4.74 Å². The lowest BCUT2D eigenvalue weighted by Crippen LogP contribution is -2.44. The standard InChI is InChI=1S/C22H28N6O4/c1-3-27-18-19(24-21(27)26-13-10-23-11-14-26)25-22(32-15-17(29)31-2)28(20(18)30)12-9-16-7-5-4-6-8-16/h4-8,23H,3,9-15H2,1-2H3. The molecule has 2 aromatic heterocycles. The summed E-state index contributed by atoms with van der Waals surface area (Å²) in [5, 5.41) is 3.33. The Morgan fingerprint density at radius 3 is 2.56 bits per heavy atom. The molecule has 0 atom stereocenters. The number of piperazine rings is 1. The van der Waals surface area contributed by atoms with Crippen molar-refractivity contribution in [1.29, 1.82) is 0 Å². The van der Waals surface area contributed by atoms with Gasteiger partial charge < -0.3 is 24.3 Å². The topological polar surface area (TPSA) is 104 Å². The number of carbonyl (C=O) groups is 1. The monoisotopic (exact) mass is 440 g/mol. The number of methoxy groups -OCH3 is 1. The lowest BCUT2D eigenvalue weighted by Gasteiger charge is -2.28. The van der Waals surface area contributed by atoms with Crippen molar-refractivity contribution >= 4 is 23.1 Å². The van der Waals surface area contributed by atoms with Gasteiger partial charge in [0.25, 0.3) is 5.56 Å². The minimum Gasteiger partial charge on any atom is -0.466 e. The van der Waals surface area contributed by atoms with E-state index in [1.54, 1.807) is 0 Å². The molecule has 0 aliphatic carbocycles. The SMILES string of the molecule is CCn1c(N2CCNCC2)nc2nc(OCC(=O)OC)n(CCc3ccccc3)c(=O)c21. The smallest absolute Gasteiger partial charge is 0.344 e. The van der Waals surface area contributed by atoms with Crippen LogP contribution in [0.1, 0.15) is 12.5 Å². The van der Waals surface area contributed by atoms with Crippen molar-refractivity contribution in [1.82, 2.24) is 24.4 Å². The van der Waals surface area contributed by atoms with Crippen LogP contribution in [0.4, 0.5) is 5.95 Å². The van der Waals surface area contributed by atoms with Gasteiger partial charge in [-0.15, -0.1) is 0 Å². The molecule has 0 radical (unpaired) electrons. The number of benzene rings is 1. The summed E-state index contributed by atoms with van der Waals surface area (Å²) in [5.74, 6) is 0.183. The molecule has 0 unspecified atom stereocenters. The van der Waals surface area contributed by atoms with Crippen LogP contribution in [-0.2, 0) is 29.0 Å². The van der Waals surface area contributed by atoms with E-state index in [0.717, 1.165) is 37.7 Å². The predicted molar refractivity (Wildman–Crippen MR) is 120 cm³/mol. The van der Waals surface area contributed by atoms with Crippen molar-refractivity contribution in [3.63, 3.8) is 0 Å². The molecule has 1 saturated heterocycles. The maximum Gasteiger partial charge on any atom is 0.344 e. The van der Waals surface area contributed by atoms with Gasteiger partial charge in [0.15, 0.2) is 17.8 Å². The van der Waals surface area contributed by atoms with Gasteiger partial charge in [-0.1, -0.05) is 30.3 Å². The van der Waals surface area contributed by atoms with Crippen LogP contribution >= 0.6 is 0 Å². The highest BCUT2D eigenvalue weighted by Gasteiger charge is 2.24. The molecule has 0 spiro atoms. The number of carbonyl (C=O) groups excluding carboxylic acids is 1. The van der Waals surface area contributed by atoms with E-state index in [9.17, 15) is 9.59 Å². The number of ether oxygens (including phenoxy) is 2. The van der Waals surface area contributed by atoms with Crippen molar-refractivity contribution in [3.8, 4) is 6.01 Å². The van der Waals surface area contributed by atoms with E-state index in [-0.39, 0.29) is 18.2 Å². The molecule has 170 valence electrons. The number of imidazole rings is 1. The van der Waals surface area contributed by atoms with Crippen molar-refractivity contribution < 1.29 is 14.3 Å². The molecular weight excluding hydrogens is 412 g/mol. The Bertz CT molecular complexity index is 1130. The molecule has 0 bridgehead atoms. The first kappa shape index (κ1) is 21.8. The lowest BCUT2D eigenvalue weighted by atomic mass is 10.1. The van der Waals surface area contributed by atoms with Gasteiger partial charge in [-0.3, -0.25) is 9.36 Å². The van der Waals surface area contributed by atoms with E-state index in [1.165, 1.54) is 11.7 Å². The van der Waals surface area contributed by atoms with Crippen LogP contribution in [0, 0.1) is 0 Å². The highest BCUT2D eigenvalue weighted by molar-refractivity contribution is 5.75. The quantitative estimate of drug-likeness (QED) is 0.514. The first-order chi connectivity index (χ1) is 15.6. The summed E-state index contributed by atoms with van der Waals surface area (Å²) in [7, 11) is 1.29. The Morgan fingerprint density at radius 1 is 1.12 bits per heavy atom. The summed E-state index contributed by atoms with van der Waals surface area (Å²) in [6, 6.07) is 9.94. The number of hydrogen-bond acceptors (Lipinski definition) is 8. The summed E-state index contributed by atoms with van der Waals surface area (Å²) in [6.07, 6.45) is 0.618. The van der Waals surface area contributed by atoms with E-state index in [1.807, 2.05) is 41.8 Å². The third-order valence-electron chi connectivity index (χ3n) is 5.54. The van der Waals surface area contributed by atoms with Gasteiger partial charge in [0.2, 0.25) is 5.95 Å². The largest absolute Gasteiger partial charge is 0.466 e. The van der Waals surface area contributed by atoms with Gasteiger partial charge in [0.05, 0.1) is 7.11 Å². The molecule has 10 nitrogen and oxygen atoms in total. The molecule has 1 fully saturated rings. The van der Waals surface area contributed by atoms with Crippen LogP contribution in [0.3, 0.4) is 0 Å². The van der Waals surface area contributed by atoms with Crippen LogP contribution in [0.25, 0.3) is 11.2 Å². The Hall–Kier alpha value is -3.40. The van der Waals surface area contributed by atoms with Crippen molar-refractivity contribution in [3.05, 3.63) is 46.2 Å². The molecule has 1 N–H and O–H groups in total. The average Bonchev–Trinajstić information content (AvgIpc) is 3.22. The van der Waals surface area contributed by atoms with Crippen LogP contribution in [0.2, 0.25) is 0 Å². The summed E-state index contributed by atoms with van der Waals surface area (Å²) >= 11 is 0. The van der Waals surface area contributed by atoms with Crippen molar-refractivity contribution in [2.24, 2.45) is 0 Å². The Kier molecular flexibility index (Phi) is 6.69. The number of aromatic nitrogens is 4. The zero-order valence-electron chi connectivity index (χ0n) is 18.4. The van der Waals surface area contributed by atoms with E-state index < -0.39 is 5.97 Å². The lowest BCUT2D eigenvalue weighted by molar-refractivity contribution is -0.143. The number of nitrogens with one attached hydrogen (secondary N) is 1. The molecule has 1 aliphatic rings. The van der Waals surface area contributed by atoms with Crippen LogP contribution in [-0.4, -0.2) is 65.0 Å². The van der Waals surface area contributed by atoms with Crippen LogP contribution in [0.15, 0.2) is 35.1 Å². The van der Waals surface area contributed by atoms with E-state index in [0.29, 0.717) is 30.7 Å². The van der Waals surface area contributed by atoms with Gasteiger partial charge in [0.1, 0.15) is 0 Å². The maximum absolute atomic E-state index is 13.6. The second kappa shape index (κ2) is 9.82. The van der Waals surface area contributed by atoms with Gasteiger partial charge in [0, 0.05) is 39.3 Å². The molecule has 1 aromatic carbocycles. The normalized spacial score (nSPS) is 14.0. The highest BCUT2D eigenvalue weighted by atomic mass is 16.6. The number of esters is 1. The molecule has 10 heteroatoms. The maximum atomic E-state index is 13.6. The minimum absolute atomic E-state index is 0.0662. The molecule has 0 amide bonds.